The van der Waals surface area contributed by atoms with Crippen molar-refractivity contribution in [2.75, 3.05) is 25.6 Å². The Kier molecular flexibility index (Phi) is 3.90. The molecule has 1 aromatic carbocycles. The maximum atomic E-state index is 11.5. The predicted octanol–water partition coefficient (Wildman–Crippen LogP) is 1.23. The molecule has 0 saturated carbocycles. The van der Waals surface area contributed by atoms with Crippen LogP contribution in [0.25, 0.3) is 0 Å². The highest BCUT2D eigenvalue weighted by Crippen LogP contribution is 2.28. The van der Waals surface area contributed by atoms with Gasteiger partial charge in [0.15, 0.2) is 0 Å². The highest BCUT2D eigenvalue weighted by Gasteiger charge is 2.12. The van der Waals surface area contributed by atoms with Gasteiger partial charge in [0.1, 0.15) is 5.75 Å². The summed E-state index contributed by atoms with van der Waals surface area (Å²) in [4.78, 5) is 13.0. The van der Waals surface area contributed by atoms with E-state index in [1.807, 2.05) is 26.0 Å². The van der Waals surface area contributed by atoms with E-state index in [1.165, 1.54) is 0 Å². The van der Waals surface area contributed by atoms with Gasteiger partial charge in [-0.2, -0.15) is 0 Å². The topological polar surface area (TPSA) is 55.6 Å². The third-order valence-corrected chi connectivity index (χ3v) is 2.59. The Labute approximate surface area is 96.0 Å². The first-order valence-corrected chi connectivity index (χ1v) is 5.13. The molecule has 1 amide bonds. The van der Waals surface area contributed by atoms with Gasteiger partial charge in [0.25, 0.3) is 0 Å². The first-order chi connectivity index (χ1) is 7.51. The quantitative estimate of drug-likeness (QED) is 0.837. The summed E-state index contributed by atoms with van der Waals surface area (Å²) in [6.07, 6.45) is 0. The zero-order chi connectivity index (χ0) is 12.3. The number of amides is 1. The number of hydrogen-bond acceptors (Lipinski definition) is 3. The van der Waals surface area contributed by atoms with E-state index in [2.05, 4.69) is 0 Å². The van der Waals surface area contributed by atoms with E-state index in [9.17, 15) is 4.79 Å². The maximum absolute atomic E-state index is 11.5. The molecule has 4 nitrogen and oxygen atoms in total. The molecule has 0 aliphatic heterocycles. The molecule has 0 aromatic heterocycles. The minimum atomic E-state index is -0.107. The Morgan fingerprint density at radius 3 is 2.25 bits per heavy atom. The van der Waals surface area contributed by atoms with Crippen LogP contribution in [0.3, 0.4) is 0 Å². The Morgan fingerprint density at radius 1 is 1.38 bits per heavy atom. The second-order valence-corrected chi connectivity index (χ2v) is 3.77. The largest absolute Gasteiger partial charge is 0.496 e. The van der Waals surface area contributed by atoms with E-state index >= 15 is 0 Å². The molecule has 0 spiro atoms. The van der Waals surface area contributed by atoms with Crippen molar-refractivity contribution in [2.45, 2.75) is 13.8 Å². The molecule has 4 heteroatoms. The van der Waals surface area contributed by atoms with Crippen molar-refractivity contribution in [3.8, 4) is 5.75 Å². The van der Waals surface area contributed by atoms with Gasteiger partial charge in [0.2, 0.25) is 5.91 Å². The fourth-order valence-corrected chi connectivity index (χ4v) is 1.72. The van der Waals surface area contributed by atoms with E-state index in [0.717, 1.165) is 22.6 Å². The Balaban J connectivity index is 3.13. The molecule has 0 fully saturated rings. The number of carbonyl (C=O) groups excluding carboxylic acids is 1. The van der Waals surface area contributed by atoms with Crippen molar-refractivity contribution in [3.05, 3.63) is 23.3 Å². The highest BCUT2D eigenvalue weighted by atomic mass is 16.5. The number of nitrogens with zero attached hydrogens (tertiary/aromatic N) is 1. The lowest BCUT2D eigenvalue weighted by atomic mass is 10.1. The molecule has 0 saturated heterocycles. The van der Waals surface area contributed by atoms with E-state index < -0.39 is 0 Å². The number of hydrogen-bond donors (Lipinski definition) is 1. The summed E-state index contributed by atoms with van der Waals surface area (Å²) in [7, 11) is 3.36. The lowest BCUT2D eigenvalue weighted by Gasteiger charge is -2.19. The number of aryl methyl sites for hydroxylation is 2. The molecule has 1 rings (SSSR count). The number of ether oxygens (including phenoxy) is 1. The van der Waals surface area contributed by atoms with Gasteiger partial charge in [-0.05, 0) is 37.1 Å². The minimum Gasteiger partial charge on any atom is -0.496 e. The summed E-state index contributed by atoms with van der Waals surface area (Å²) < 4.78 is 5.27. The second-order valence-electron chi connectivity index (χ2n) is 3.77. The molecular weight excluding hydrogens is 204 g/mol. The summed E-state index contributed by atoms with van der Waals surface area (Å²) in [5, 5.41) is 0. The van der Waals surface area contributed by atoms with E-state index in [4.69, 9.17) is 10.5 Å². The summed E-state index contributed by atoms with van der Waals surface area (Å²) >= 11 is 0. The van der Waals surface area contributed by atoms with Gasteiger partial charge < -0.3 is 15.4 Å². The molecule has 0 atom stereocenters. The summed E-state index contributed by atoms with van der Waals surface area (Å²) in [6, 6.07) is 3.83. The van der Waals surface area contributed by atoms with Gasteiger partial charge in [0, 0.05) is 12.7 Å². The number of rotatable bonds is 3. The number of benzene rings is 1. The monoisotopic (exact) mass is 222 g/mol. The number of anilines is 1. The van der Waals surface area contributed by atoms with Crippen molar-refractivity contribution in [2.24, 2.45) is 5.73 Å². The van der Waals surface area contributed by atoms with Crippen molar-refractivity contribution < 1.29 is 9.53 Å². The molecular formula is C12H18N2O2. The van der Waals surface area contributed by atoms with Crippen LogP contribution in [-0.4, -0.2) is 26.6 Å². The van der Waals surface area contributed by atoms with E-state index in [-0.39, 0.29) is 12.5 Å². The zero-order valence-electron chi connectivity index (χ0n) is 10.2. The van der Waals surface area contributed by atoms with Crippen molar-refractivity contribution in [1.29, 1.82) is 0 Å². The van der Waals surface area contributed by atoms with Crippen molar-refractivity contribution >= 4 is 11.6 Å². The summed E-state index contributed by atoms with van der Waals surface area (Å²) in [5.74, 6) is 0.751. The molecule has 0 heterocycles. The molecule has 0 aliphatic rings. The van der Waals surface area contributed by atoms with Crippen LogP contribution < -0.4 is 15.4 Å². The molecule has 1 aromatic rings. The average Bonchev–Trinajstić information content (AvgIpc) is 2.26. The number of likely N-dealkylation sites (N-methyl/N-ethyl adjacent to an activating group) is 1. The number of methoxy groups -OCH3 is 1. The Bertz CT molecular complexity index is 379. The molecule has 0 radical (unpaired) electrons. The first-order valence-electron chi connectivity index (χ1n) is 5.13. The Hall–Kier alpha value is -1.55. The minimum absolute atomic E-state index is 0.0145. The molecule has 2 N–H and O–H groups in total. The van der Waals surface area contributed by atoms with Gasteiger partial charge in [-0.1, -0.05) is 0 Å². The van der Waals surface area contributed by atoms with E-state index in [1.54, 1.807) is 19.1 Å². The van der Waals surface area contributed by atoms with Crippen LogP contribution >= 0.6 is 0 Å². The number of nitrogens with two attached hydrogens (primary N) is 1. The predicted molar refractivity (Wildman–Crippen MR) is 64.9 cm³/mol. The van der Waals surface area contributed by atoms with Crippen molar-refractivity contribution in [1.82, 2.24) is 0 Å². The van der Waals surface area contributed by atoms with Crippen LogP contribution in [0.4, 0.5) is 5.69 Å². The van der Waals surface area contributed by atoms with Crippen LogP contribution in [0.2, 0.25) is 0 Å². The second kappa shape index (κ2) is 4.99. The first kappa shape index (κ1) is 12.5. The van der Waals surface area contributed by atoms with Crippen LogP contribution in [0.15, 0.2) is 12.1 Å². The van der Waals surface area contributed by atoms with Gasteiger partial charge in [0.05, 0.1) is 13.7 Å². The number of carbonyl (C=O) groups is 1. The smallest absolute Gasteiger partial charge is 0.240 e. The molecule has 0 aliphatic carbocycles. The lowest BCUT2D eigenvalue weighted by Crippen LogP contribution is -2.32. The normalized spacial score (nSPS) is 10.1. The maximum Gasteiger partial charge on any atom is 0.240 e. The molecule has 0 unspecified atom stereocenters. The SMILES string of the molecule is COc1c(C)cc(N(C)C(=O)CN)cc1C. The lowest BCUT2D eigenvalue weighted by molar-refractivity contribution is -0.117. The summed E-state index contributed by atoms with van der Waals surface area (Å²) in [5.41, 5.74) is 8.18. The zero-order valence-corrected chi connectivity index (χ0v) is 10.2. The van der Waals surface area contributed by atoms with E-state index in [0.29, 0.717) is 0 Å². The van der Waals surface area contributed by atoms with Crippen LogP contribution in [0, 0.1) is 13.8 Å². The highest BCUT2D eigenvalue weighted by molar-refractivity contribution is 5.94. The van der Waals surface area contributed by atoms with Crippen LogP contribution in [0.5, 0.6) is 5.75 Å². The third kappa shape index (κ3) is 2.33. The fraction of sp³-hybridized carbons (Fsp3) is 0.417. The molecule has 16 heavy (non-hydrogen) atoms. The van der Waals surface area contributed by atoms with Crippen molar-refractivity contribution in [3.63, 3.8) is 0 Å². The van der Waals surface area contributed by atoms with Crippen LogP contribution in [-0.2, 0) is 4.79 Å². The van der Waals surface area contributed by atoms with Crippen LogP contribution in [0.1, 0.15) is 11.1 Å². The van der Waals surface area contributed by atoms with Gasteiger partial charge in [-0.15, -0.1) is 0 Å². The van der Waals surface area contributed by atoms with Gasteiger partial charge >= 0.3 is 0 Å². The average molecular weight is 222 g/mol. The third-order valence-electron chi connectivity index (χ3n) is 2.59. The van der Waals surface area contributed by atoms with Gasteiger partial charge in [-0.25, -0.2) is 0 Å². The standard InChI is InChI=1S/C12H18N2O2/c1-8-5-10(14(3)11(15)7-13)6-9(2)12(8)16-4/h5-6H,7,13H2,1-4H3. The Morgan fingerprint density at radius 2 is 1.88 bits per heavy atom. The summed E-state index contributed by atoms with van der Waals surface area (Å²) in [6.45, 7) is 3.92. The fourth-order valence-electron chi connectivity index (χ4n) is 1.72. The molecule has 0 bridgehead atoms. The van der Waals surface area contributed by atoms with Gasteiger partial charge in [-0.3, -0.25) is 4.79 Å². The molecule has 88 valence electrons.